The van der Waals surface area contributed by atoms with Crippen molar-refractivity contribution in [3.63, 3.8) is 0 Å². The number of nitro benzene ring substituents is 1. The zero-order chi connectivity index (χ0) is 24.1. The molecule has 0 fully saturated rings. The Balaban J connectivity index is 1.66. The Morgan fingerprint density at radius 3 is 2.50 bits per heavy atom. The van der Waals surface area contributed by atoms with Gasteiger partial charge in [-0.1, -0.05) is 42.5 Å². The molecule has 3 aromatic rings. The number of benzene rings is 3. The van der Waals surface area contributed by atoms with Crippen LogP contribution in [0.5, 0.6) is 0 Å². The lowest BCUT2D eigenvalue weighted by Crippen LogP contribution is -2.22. The lowest BCUT2D eigenvalue weighted by molar-refractivity contribution is -0.384. The van der Waals surface area contributed by atoms with E-state index in [0.717, 1.165) is 11.1 Å². The zero-order valence-corrected chi connectivity index (χ0v) is 18.1. The van der Waals surface area contributed by atoms with Crippen LogP contribution in [0.3, 0.4) is 0 Å². The third kappa shape index (κ3) is 5.16. The quantitative estimate of drug-likeness (QED) is 0.192. The second kappa shape index (κ2) is 10.1. The van der Waals surface area contributed by atoms with Crippen molar-refractivity contribution >= 4 is 34.7 Å². The molecule has 0 aromatic heterocycles. The Morgan fingerprint density at radius 1 is 1.09 bits per heavy atom. The fourth-order valence-electron chi connectivity index (χ4n) is 3.79. The monoisotopic (exact) mass is 458 g/mol. The van der Waals surface area contributed by atoms with Crippen LogP contribution in [-0.2, 0) is 16.1 Å². The normalized spacial score (nSPS) is 15.0. The van der Waals surface area contributed by atoms with Gasteiger partial charge in [0.25, 0.3) is 5.69 Å². The number of anilines is 1. The number of carboxylic acid groups (broad SMARTS) is 1. The Bertz CT molecular complexity index is 1260. The lowest BCUT2D eigenvalue weighted by atomic mass is 9.90. The summed E-state index contributed by atoms with van der Waals surface area (Å²) in [6.07, 6.45) is 0.0475. The summed E-state index contributed by atoms with van der Waals surface area (Å²) in [5, 5.41) is 25.9. The highest BCUT2D eigenvalue weighted by Crippen LogP contribution is 2.38. The summed E-state index contributed by atoms with van der Waals surface area (Å²) >= 11 is 0. The maximum atomic E-state index is 13.0. The van der Waals surface area contributed by atoms with Crippen LogP contribution in [0.2, 0.25) is 0 Å². The van der Waals surface area contributed by atoms with E-state index in [4.69, 9.17) is 10.1 Å². The van der Waals surface area contributed by atoms with E-state index >= 15 is 0 Å². The van der Waals surface area contributed by atoms with E-state index in [-0.39, 0.29) is 18.0 Å². The number of hydrogen-bond acceptors (Lipinski definition) is 6. The highest BCUT2D eigenvalue weighted by Gasteiger charge is 2.36. The van der Waals surface area contributed by atoms with Gasteiger partial charge in [-0.25, -0.2) is 0 Å². The zero-order valence-electron chi connectivity index (χ0n) is 18.1. The van der Waals surface area contributed by atoms with Gasteiger partial charge in [-0.15, -0.1) is 0 Å². The van der Waals surface area contributed by atoms with Gasteiger partial charge in [-0.2, -0.15) is 0 Å². The van der Waals surface area contributed by atoms with Crippen molar-refractivity contribution in [1.82, 2.24) is 5.32 Å². The molecule has 0 bridgehead atoms. The second-order valence-electron chi connectivity index (χ2n) is 7.80. The minimum absolute atomic E-state index is 0.0475. The van der Waals surface area contributed by atoms with Gasteiger partial charge in [-0.3, -0.25) is 24.7 Å². The number of rotatable bonds is 9. The molecule has 34 heavy (non-hydrogen) atoms. The standard InChI is InChI=1S/C25H22N4O5/c30-22(31)12-13-26-15-16-6-8-18(9-7-16)27-24(17-4-2-1-3-5-17)23-20-14-19(29(33)34)10-11-21(20)28-25(23)32/h1-11,14,23,26H,12-13,15H2,(H,28,32)(H,30,31). The number of nitro groups is 1. The first-order valence-electron chi connectivity index (χ1n) is 10.7. The molecular weight excluding hydrogens is 436 g/mol. The number of fused-ring (bicyclic) bond motifs is 1. The van der Waals surface area contributed by atoms with Crippen LogP contribution in [0.4, 0.5) is 17.1 Å². The topological polar surface area (TPSA) is 134 Å². The van der Waals surface area contributed by atoms with E-state index in [1.54, 1.807) is 6.07 Å². The number of hydrogen-bond donors (Lipinski definition) is 3. The molecule has 0 aliphatic carbocycles. The van der Waals surface area contributed by atoms with E-state index in [1.807, 2.05) is 54.6 Å². The molecular formula is C25H22N4O5. The Labute approximate surface area is 195 Å². The van der Waals surface area contributed by atoms with Crippen molar-refractivity contribution in [2.45, 2.75) is 18.9 Å². The molecule has 0 spiro atoms. The third-order valence-electron chi connectivity index (χ3n) is 5.45. The van der Waals surface area contributed by atoms with Gasteiger partial charge in [-0.05, 0) is 29.3 Å². The van der Waals surface area contributed by atoms with Gasteiger partial charge in [0.2, 0.25) is 5.91 Å². The van der Waals surface area contributed by atoms with E-state index < -0.39 is 16.8 Å². The highest BCUT2D eigenvalue weighted by atomic mass is 16.6. The van der Waals surface area contributed by atoms with E-state index in [9.17, 15) is 19.7 Å². The molecule has 1 amide bonds. The number of carbonyl (C=O) groups excluding carboxylic acids is 1. The number of aliphatic carboxylic acids is 1. The summed E-state index contributed by atoms with van der Waals surface area (Å²) in [4.78, 5) is 39.2. The molecule has 1 aliphatic rings. The van der Waals surface area contributed by atoms with Gasteiger partial charge in [0.15, 0.2) is 0 Å². The molecule has 0 radical (unpaired) electrons. The van der Waals surface area contributed by atoms with Gasteiger partial charge >= 0.3 is 5.97 Å². The molecule has 0 saturated carbocycles. The SMILES string of the molecule is O=C(O)CCNCc1ccc(N=C(c2ccccc2)C2C(=O)Nc3ccc([N+](=O)[O-])cc32)cc1. The average molecular weight is 458 g/mol. The number of non-ortho nitro benzene ring substituents is 1. The predicted octanol–water partition coefficient (Wildman–Crippen LogP) is 4.02. The number of aliphatic imine (C=N–C) groups is 1. The molecule has 9 nitrogen and oxygen atoms in total. The molecule has 3 aromatic carbocycles. The third-order valence-corrected chi connectivity index (χ3v) is 5.45. The summed E-state index contributed by atoms with van der Waals surface area (Å²) in [5.74, 6) is -1.94. The summed E-state index contributed by atoms with van der Waals surface area (Å²) in [6.45, 7) is 0.890. The Hall–Kier alpha value is -4.37. The minimum atomic E-state index is -0.853. The molecule has 1 unspecified atom stereocenters. The van der Waals surface area contributed by atoms with Gasteiger partial charge in [0.1, 0.15) is 5.92 Å². The van der Waals surface area contributed by atoms with Crippen molar-refractivity contribution < 1.29 is 19.6 Å². The van der Waals surface area contributed by atoms with E-state index in [0.29, 0.717) is 35.7 Å². The lowest BCUT2D eigenvalue weighted by Gasteiger charge is -2.14. The molecule has 1 aliphatic heterocycles. The largest absolute Gasteiger partial charge is 0.481 e. The van der Waals surface area contributed by atoms with Crippen LogP contribution in [-0.4, -0.2) is 34.2 Å². The summed E-state index contributed by atoms with van der Waals surface area (Å²) < 4.78 is 0. The second-order valence-corrected chi connectivity index (χ2v) is 7.80. The molecule has 3 N–H and O–H groups in total. The van der Waals surface area contributed by atoms with Crippen molar-refractivity contribution in [3.8, 4) is 0 Å². The summed E-state index contributed by atoms with van der Waals surface area (Å²) in [7, 11) is 0. The van der Waals surface area contributed by atoms with Crippen LogP contribution >= 0.6 is 0 Å². The molecule has 172 valence electrons. The molecule has 4 rings (SSSR count). The van der Waals surface area contributed by atoms with Crippen molar-refractivity contribution in [1.29, 1.82) is 0 Å². The Kier molecular flexibility index (Phi) is 6.74. The number of nitrogens with zero attached hydrogens (tertiary/aromatic N) is 2. The van der Waals surface area contributed by atoms with Gasteiger partial charge in [0, 0.05) is 36.5 Å². The smallest absolute Gasteiger partial charge is 0.304 e. The van der Waals surface area contributed by atoms with Gasteiger partial charge in [0.05, 0.1) is 22.7 Å². The first-order chi connectivity index (χ1) is 16.4. The average Bonchev–Trinajstić information content (AvgIpc) is 3.16. The molecule has 1 heterocycles. The number of carboxylic acids is 1. The van der Waals surface area contributed by atoms with Gasteiger partial charge < -0.3 is 15.7 Å². The van der Waals surface area contributed by atoms with Crippen LogP contribution < -0.4 is 10.6 Å². The first-order valence-corrected chi connectivity index (χ1v) is 10.7. The van der Waals surface area contributed by atoms with Crippen molar-refractivity contribution in [3.05, 3.63) is 99.6 Å². The molecule has 9 heteroatoms. The first kappa shape index (κ1) is 22.8. The predicted molar refractivity (Wildman–Crippen MR) is 128 cm³/mol. The molecule has 1 atom stereocenters. The van der Waals surface area contributed by atoms with Crippen molar-refractivity contribution in [2.75, 3.05) is 11.9 Å². The summed E-state index contributed by atoms with van der Waals surface area (Å²) in [6, 6.07) is 21.0. The maximum absolute atomic E-state index is 13.0. The van der Waals surface area contributed by atoms with Crippen LogP contribution in [0.15, 0.2) is 77.8 Å². The van der Waals surface area contributed by atoms with Crippen LogP contribution in [0.25, 0.3) is 0 Å². The molecule has 0 saturated heterocycles. The number of carbonyl (C=O) groups is 2. The number of amides is 1. The van der Waals surface area contributed by atoms with E-state index in [1.165, 1.54) is 12.1 Å². The van der Waals surface area contributed by atoms with Crippen LogP contribution in [0.1, 0.15) is 29.0 Å². The fraction of sp³-hybridized carbons (Fsp3) is 0.160. The minimum Gasteiger partial charge on any atom is -0.481 e. The fourth-order valence-corrected chi connectivity index (χ4v) is 3.79. The Morgan fingerprint density at radius 2 is 1.82 bits per heavy atom. The number of nitrogens with one attached hydrogen (secondary N) is 2. The maximum Gasteiger partial charge on any atom is 0.304 e. The highest BCUT2D eigenvalue weighted by molar-refractivity contribution is 6.24. The van der Waals surface area contributed by atoms with E-state index in [2.05, 4.69) is 10.6 Å². The van der Waals surface area contributed by atoms with Crippen molar-refractivity contribution in [2.24, 2.45) is 4.99 Å². The van der Waals surface area contributed by atoms with Crippen LogP contribution in [0, 0.1) is 10.1 Å². The summed E-state index contributed by atoms with van der Waals surface area (Å²) in [5.41, 5.74) is 3.77.